The van der Waals surface area contributed by atoms with Crippen molar-refractivity contribution in [3.8, 4) is 44.5 Å². The topological polar surface area (TPSA) is 6.48 Å². The number of anilines is 6. The standard InChI is InChI=1S/C75H72F2N2Si4/c1-80(2)58-34-22-50(23-35-58)64-46-68(76)72(48-66(64)52-26-38-60(39-27-52)82(6,7)8)78(56-18-14-12-15-19-56)70-44-32-54-31-43-63-71(45-33-55-30-42-62(70)74(54)75(55)63)79(57-20-16-13-17-21-57)73-49-67(53-28-40-61(41-29-53)83(9,10)11)65(47-69(73)77)51-24-36-59(37-25-51)81(3,4)5/h12-49,80H,1-11H3/i12D,13D,14D,15D,16D,17D,18D,19D,20D,21D. The summed E-state index contributed by atoms with van der Waals surface area (Å²) in [5.74, 6) is -1.43. The highest BCUT2D eigenvalue weighted by Gasteiger charge is 2.28. The van der Waals surface area contributed by atoms with E-state index in [1.807, 2.05) is 84.9 Å². The average molecular weight is 1160 g/mol. The van der Waals surface area contributed by atoms with E-state index in [4.69, 9.17) is 8.22 Å². The fraction of sp³-hybridized carbons (Fsp3) is 0.147. The van der Waals surface area contributed by atoms with Crippen LogP contribution in [0.5, 0.6) is 0 Å². The second-order valence-electron chi connectivity index (χ2n) is 25.2. The molecule has 12 rings (SSSR count). The summed E-state index contributed by atoms with van der Waals surface area (Å²) in [7, 11) is -6.49. The zero-order valence-electron chi connectivity index (χ0n) is 58.9. The lowest BCUT2D eigenvalue weighted by atomic mass is 9.90. The molecule has 8 heteroatoms. The Bertz CT molecular complexity index is 4910. The number of nitrogens with zero attached hydrogens (tertiary/aromatic N) is 2. The Labute approximate surface area is 508 Å². The minimum atomic E-state index is -1.78. The van der Waals surface area contributed by atoms with Crippen molar-refractivity contribution in [2.45, 2.75) is 72.0 Å². The van der Waals surface area contributed by atoms with E-state index in [0.29, 0.717) is 54.6 Å². The van der Waals surface area contributed by atoms with E-state index in [1.165, 1.54) is 42.7 Å². The number of para-hydroxylation sites is 2. The van der Waals surface area contributed by atoms with Gasteiger partial charge in [0.15, 0.2) is 0 Å². The normalized spacial score (nSPS) is 14.0. The van der Waals surface area contributed by atoms with Crippen molar-refractivity contribution in [1.29, 1.82) is 0 Å². The molecule has 0 heterocycles. The molecule has 0 saturated carbocycles. The van der Waals surface area contributed by atoms with Gasteiger partial charge >= 0.3 is 0 Å². The van der Waals surface area contributed by atoms with Crippen molar-refractivity contribution in [3.63, 3.8) is 0 Å². The molecule has 0 aliphatic carbocycles. The predicted molar refractivity (Wildman–Crippen MR) is 369 cm³/mol. The molecule has 0 aromatic heterocycles. The van der Waals surface area contributed by atoms with Gasteiger partial charge in [0.2, 0.25) is 0 Å². The van der Waals surface area contributed by atoms with Crippen LogP contribution in [0.3, 0.4) is 0 Å². The Morgan fingerprint density at radius 1 is 0.349 bits per heavy atom. The van der Waals surface area contributed by atoms with Gasteiger partial charge in [-0.3, -0.25) is 0 Å². The highest BCUT2D eigenvalue weighted by molar-refractivity contribution is 6.89. The van der Waals surface area contributed by atoms with Crippen LogP contribution in [0.1, 0.15) is 13.7 Å². The summed E-state index contributed by atoms with van der Waals surface area (Å²) in [5.41, 5.74) is 5.50. The van der Waals surface area contributed by atoms with Gasteiger partial charge in [-0.05, 0) is 127 Å². The summed E-state index contributed by atoms with van der Waals surface area (Å²) in [5, 5.41) is 8.61. The minimum absolute atomic E-state index is 0.0762. The predicted octanol–water partition coefficient (Wildman–Crippen LogP) is 19.8. The summed E-state index contributed by atoms with van der Waals surface area (Å²) in [6.45, 7) is 24.9. The summed E-state index contributed by atoms with van der Waals surface area (Å²) >= 11 is 0. The largest absolute Gasteiger partial charge is 0.307 e. The van der Waals surface area contributed by atoms with Gasteiger partial charge in [-0.2, -0.15) is 0 Å². The molecule has 0 unspecified atom stereocenters. The molecule has 0 N–H and O–H groups in total. The van der Waals surface area contributed by atoms with E-state index in [-0.39, 0.29) is 34.1 Å². The number of hydrogen-bond donors (Lipinski definition) is 0. The van der Waals surface area contributed by atoms with Gasteiger partial charge in [0, 0.05) is 22.1 Å². The lowest BCUT2D eigenvalue weighted by molar-refractivity contribution is 0.629. The zero-order chi connectivity index (χ0) is 66.8. The van der Waals surface area contributed by atoms with Gasteiger partial charge < -0.3 is 9.80 Å². The quantitative estimate of drug-likeness (QED) is 0.0791. The monoisotopic (exact) mass is 1160 g/mol. The average Bonchev–Trinajstić information content (AvgIpc) is 0.716. The Morgan fingerprint density at radius 2 is 0.651 bits per heavy atom. The number of halogens is 2. The second kappa shape index (κ2) is 21.6. The van der Waals surface area contributed by atoms with Crippen LogP contribution in [0.4, 0.5) is 42.9 Å². The Balaban J connectivity index is 1.15. The van der Waals surface area contributed by atoms with Crippen molar-refractivity contribution >= 4 is 120 Å². The molecular weight excluding hydrogens is 1080 g/mol. The number of rotatable bonds is 14. The van der Waals surface area contributed by atoms with E-state index in [0.717, 1.165) is 22.3 Å². The van der Waals surface area contributed by atoms with Crippen LogP contribution in [0.15, 0.2) is 230 Å². The van der Waals surface area contributed by atoms with Crippen molar-refractivity contribution in [3.05, 3.63) is 242 Å². The van der Waals surface area contributed by atoms with Gasteiger partial charge in [0.1, 0.15) is 11.6 Å². The number of benzene rings is 12. The summed E-state index contributed by atoms with van der Waals surface area (Å²) in [6.07, 6.45) is 0. The SMILES string of the molecule is [2H]c1c([2H])c([2H])c(N(c2cc(-c3ccc([Si](C)(C)C)cc3)c(-c3ccc([SiH](C)C)cc3)cc2F)c2ccc3ccc4c(N(c5cc(-c6ccc([Si](C)(C)C)cc6)c(-c6ccc([Si](C)(C)C)cc6)cc5F)c5c([2H])c([2H])c([2H])c([2H])c5[2H])ccc5ccc2c3c54)c([2H])c1[2H]. The first-order valence-electron chi connectivity index (χ1n) is 33.4. The first-order chi connectivity index (χ1) is 43.8. The maximum Gasteiger partial charge on any atom is 0.147 e. The molecule has 0 aliphatic heterocycles. The van der Waals surface area contributed by atoms with Gasteiger partial charge in [0.05, 0.1) is 69.5 Å². The molecule has 12 aromatic carbocycles. The maximum absolute atomic E-state index is 18.3. The summed E-state index contributed by atoms with van der Waals surface area (Å²) in [4.78, 5) is 2.87. The van der Waals surface area contributed by atoms with Crippen LogP contribution in [-0.2, 0) is 0 Å². The Hall–Kier alpha value is -7.99. The van der Waals surface area contributed by atoms with Gasteiger partial charge in [0.25, 0.3) is 0 Å². The maximum atomic E-state index is 18.3. The van der Waals surface area contributed by atoms with Crippen LogP contribution in [-0.4, -0.2) is 33.0 Å². The fourth-order valence-electron chi connectivity index (χ4n) is 11.5. The Kier molecular flexibility index (Phi) is 11.6. The van der Waals surface area contributed by atoms with Gasteiger partial charge in [-0.1, -0.05) is 262 Å². The van der Waals surface area contributed by atoms with Crippen molar-refractivity contribution in [2.24, 2.45) is 0 Å². The third-order valence-corrected chi connectivity index (χ3v) is 24.2. The lowest BCUT2D eigenvalue weighted by Gasteiger charge is -2.30. The molecule has 0 bridgehead atoms. The molecule has 0 spiro atoms. The van der Waals surface area contributed by atoms with E-state index in [9.17, 15) is 5.48 Å². The molecule has 12 aromatic rings. The van der Waals surface area contributed by atoms with E-state index in [1.54, 1.807) is 24.3 Å². The van der Waals surface area contributed by atoms with Crippen LogP contribution in [0, 0.1) is 11.6 Å². The highest BCUT2D eigenvalue weighted by Crippen LogP contribution is 2.50. The molecule has 83 heavy (non-hydrogen) atoms. The van der Waals surface area contributed by atoms with Gasteiger partial charge in [-0.25, -0.2) is 8.78 Å². The Morgan fingerprint density at radius 3 is 0.964 bits per heavy atom. The van der Waals surface area contributed by atoms with Crippen LogP contribution in [0.2, 0.25) is 72.0 Å². The molecule has 0 aliphatic rings. The van der Waals surface area contributed by atoms with Crippen LogP contribution >= 0.6 is 0 Å². The lowest BCUT2D eigenvalue weighted by Crippen LogP contribution is -2.37. The van der Waals surface area contributed by atoms with E-state index in [2.05, 4.69) is 121 Å². The first kappa shape index (κ1) is 44.6. The van der Waals surface area contributed by atoms with Crippen LogP contribution < -0.4 is 30.5 Å². The second-order valence-corrected chi connectivity index (χ2v) is 43.4. The third kappa shape index (κ3) is 10.6. The van der Waals surface area contributed by atoms with Crippen molar-refractivity contribution in [2.75, 3.05) is 9.80 Å². The highest BCUT2D eigenvalue weighted by atomic mass is 28.3. The molecule has 0 atom stereocenters. The van der Waals surface area contributed by atoms with Crippen molar-refractivity contribution < 1.29 is 22.5 Å². The smallest absolute Gasteiger partial charge is 0.147 e. The van der Waals surface area contributed by atoms with Crippen molar-refractivity contribution in [1.82, 2.24) is 0 Å². The molecule has 0 radical (unpaired) electrons. The number of hydrogen-bond acceptors (Lipinski definition) is 2. The molecular formula is C75H72F2N2Si4. The molecule has 0 saturated heterocycles. The third-order valence-electron chi connectivity index (χ3n) is 16.3. The molecule has 2 nitrogen and oxygen atoms in total. The summed E-state index contributed by atoms with van der Waals surface area (Å²) in [6, 6.07) is 48.3. The van der Waals surface area contributed by atoms with Crippen LogP contribution in [0.25, 0.3) is 76.8 Å². The molecule has 0 fully saturated rings. The minimum Gasteiger partial charge on any atom is -0.307 e. The molecule has 0 amide bonds. The molecule has 412 valence electrons. The fourth-order valence-corrected chi connectivity index (χ4v) is 16.0. The van der Waals surface area contributed by atoms with E-state index < -0.39 is 105 Å². The van der Waals surface area contributed by atoms with Gasteiger partial charge in [-0.15, -0.1) is 0 Å². The van der Waals surface area contributed by atoms with E-state index >= 15 is 8.78 Å². The first-order valence-corrected chi connectivity index (χ1v) is 41.8. The summed E-state index contributed by atoms with van der Waals surface area (Å²) < 4.78 is 129. The zero-order valence-corrected chi connectivity index (χ0v) is 53.0.